The molecule has 180 valence electrons. The fraction of sp³-hybridized carbons (Fsp3) is 0.143. The Morgan fingerprint density at radius 3 is 0.800 bits per heavy atom. The summed E-state index contributed by atoms with van der Waals surface area (Å²) in [4.78, 5) is 17.4. The Labute approximate surface area is 219 Å². The van der Waals surface area contributed by atoms with Gasteiger partial charge in [0.15, 0.2) is 0 Å². The average Bonchev–Trinajstić information content (AvgIpc) is 2.96. The predicted molar refractivity (Wildman–Crippen MR) is 146 cm³/mol. The van der Waals surface area contributed by atoms with Crippen LogP contribution in [-0.2, 0) is 19.5 Å². The fourth-order valence-electron chi connectivity index (χ4n) is 3.36. The van der Waals surface area contributed by atoms with E-state index in [9.17, 15) is 0 Å². The summed E-state index contributed by atoms with van der Waals surface area (Å²) in [5, 5.41) is 4.55. The molecule has 4 heterocycles. The minimum atomic E-state index is 0. The standard InChI is InChI=1S/2C12H8N2.C2H6.2CH4N.Ru/c2*1-3-9-5-6-10-4-2-8-14-12(10)11(9)13-7-1;3*1-2;/h2*1-8H;1-2H3;2*2H,1H3;/q;;;2*-1;+2. The first-order chi connectivity index (χ1) is 16.9. The van der Waals surface area contributed by atoms with E-state index in [1.807, 2.05) is 38.1 Å². The van der Waals surface area contributed by atoms with Crippen LogP contribution in [0, 0.1) is 0 Å². The largest absolute Gasteiger partial charge is 2.00 e. The van der Waals surface area contributed by atoms with Gasteiger partial charge in [-0.25, -0.2) is 0 Å². The van der Waals surface area contributed by atoms with Crippen molar-refractivity contribution in [3.8, 4) is 0 Å². The van der Waals surface area contributed by atoms with Crippen LogP contribution in [0.15, 0.2) is 97.6 Å². The molecule has 0 saturated carbocycles. The quantitative estimate of drug-likeness (QED) is 0.141. The minimum Gasteiger partial charge on any atom is -0.680 e. The van der Waals surface area contributed by atoms with Crippen LogP contribution in [0.2, 0.25) is 0 Å². The normalized spacial score (nSPS) is 9.20. The Bertz CT molecular complexity index is 1220. The van der Waals surface area contributed by atoms with Crippen molar-refractivity contribution in [1.29, 1.82) is 0 Å². The molecule has 0 aliphatic rings. The topological polar surface area (TPSA) is 99.2 Å². The SMILES string of the molecule is CC.C[NH-].C[NH-].[Ru+2].c1cnc2c(c1)ccc1cccnc12.c1cnc2c(c1)ccc1cccnc12. The second-order valence-corrected chi connectivity index (χ2v) is 6.43. The van der Waals surface area contributed by atoms with Crippen molar-refractivity contribution in [2.24, 2.45) is 0 Å². The number of benzene rings is 2. The summed E-state index contributed by atoms with van der Waals surface area (Å²) in [6.07, 6.45) is 7.21. The molecule has 0 spiro atoms. The maximum Gasteiger partial charge on any atom is 2.00 e. The zero-order valence-corrected chi connectivity index (χ0v) is 22.1. The molecule has 7 heteroatoms. The first-order valence-electron chi connectivity index (χ1n) is 11.1. The molecule has 6 nitrogen and oxygen atoms in total. The van der Waals surface area contributed by atoms with Gasteiger partial charge >= 0.3 is 19.5 Å². The molecule has 0 bridgehead atoms. The number of aromatic nitrogens is 4. The van der Waals surface area contributed by atoms with Crippen LogP contribution in [0.5, 0.6) is 0 Å². The van der Waals surface area contributed by atoms with Gasteiger partial charge in [0.2, 0.25) is 0 Å². The van der Waals surface area contributed by atoms with Crippen LogP contribution in [0.3, 0.4) is 0 Å². The predicted octanol–water partition coefficient (Wildman–Crippen LogP) is 7.93. The van der Waals surface area contributed by atoms with E-state index in [2.05, 4.69) is 68.5 Å². The molecular weight excluding hydrogens is 521 g/mol. The van der Waals surface area contributed by atoms with E-state index in [0.29, 0.717) is 0 Å². The van der Waals surface area contributed by atoms with Crippen LogP contribution in [0.1, 0.15) is 13.8 Å². The second kappa shape index (κ2) is 16.3. The van der Waals surface area contributed by atoms with E-state index in [-0.39, 0.29) is 19.5 Å². The molecule has 6 aromatic rings. The summed E-state index contributed by atoms with van der Waals surface area (Å²) in [7, 11) is 2.50. The summed E-state index contributed by atoms with van der Waals surface area (Å²) < 4.78 is 0. The molecule has 0 aliphatic carbocycles. The summed E-state index contributed by atoms with van der Waals surface area (Å²) in [5.41, 5.74) is 15.4. The first kappa shape index (κ1) is 29.7. The first-order valence-corrected chi connectivity index (χ1v) is 11.1. The zero-order valence-electron chi connectivity index (χ0n) is 20.4. The molecule has 6 rings (SSSR count). The van der Waals surface area contributed by atoms with Crippen LogP contribution < -0.4 is 0 Å². The maximum absolute atomic E-state index is 5.75. The Morgan fingerprint density at radius 1 is 0.400 bits per heavy atom. The molecule has 0 saturated heterocycles. The summed E-state index contributed by atoms with van der Waals surface area (Å²) in [6, 6.07) is 24.3. The molecule has 4 aromatic heterocycles. The number of nitrogens with zero attached hydrogens (tertiary/aromatic N) is 4. The van der Waals surface area contributed by atoms with Crippen molar-refractivity contribution in [1.82, 2.24) is 19.9 Å². The Morgan fingerprint density at radius 2 is 0.600 bits per heavy atom. The zero-order chi connectivity index (χ0) is 24.8. The molecule has 2 N–H and O–H groups in total. The summed E-state index contributed by atoms with van der Waals surface area (Å²) >= 11 is 0. The third kappa shape index (κ3) is 7.30. The maximum atomic E-state index is 5.75. The summed E-state index contributed by atoms with van der Waals surface area (Å²) in [5.74, 6) is 0. The Hall–Kier alpha value is -3.38. The van der Waals surface area contributed by atoms with E-state index >= 15 is 0 Å². The van der Waals surface area contributed by atoms with Gasteiger partial charge < -0.3 is 11.5 Å². The minimum absolute atomic E-state index is 0. The van der Waals surface area contributed by atoms with Crippen molar-refractivity contribution in [2.75, 3.05) is 14.1 Å². The number of pyridine rings is 4. The van der Waals surface area contributed by atoms with Crippen molar-refractivity contribution in [3.05, 3.63) is 109 Å². The van der Waals surface area contributed by atoms with Crippen LogP contribution >= 0.6 is 0 Å². The molecule has 0 aliphatic heterocycles. The van der Waals surface area contributed by atoms with Crippen molar-refractivity contribution < 1.29 is 19.5 Å². The van der Waals surface area contributed by atoms with Crippen LogP contribution in [0.4, 0.5) is 0 Å². The number of hydrogen-bond acceptors (Lipinski definition) is 4. The Kier molecular flexibility index (Phi) is 13.8. The van der Waals surface area contributed by atoms with Gasteiger partial charge in [0.05, 0.1) is 22.1 Å². The van der Waals surface area contributed by atoms with Crippen LogP contribution in [0.25, 0.3) is 55.1 Å². The van der Waals surface area contributed by atoms with Gasteiger partial charge in [-0.3, -0.25) is 19.9 Å². The monoisotopic (exact) mass is 552 g/mol. The van der Waals surface area contributed by atoms with Gasteiger partial charge in [-0.2, -0.15) is 14.1 Å². The van der Waals surface area contributed by atoms with Gasteiger partial charge in [0.1, 0.15) is 0 Å². The molecule has 0 radical (unpaired) electrons. The average molecular weight is 552 g/mol. The molecular formula is C28H30N6Ru. The molecule has 0 fully saturated rings. The molecule has 0 atom stereocenters. The second-order valence-electron chi connectivity index (χ2n) is 6.43. The Balaban J connectivity index is 0.000000283. The van der Waals surface area contributed by atoms with E-state index in [1.165, 1.54) is 14.1 Å². The van der Waals surface area contributed by atoms with Gasteiger partial charge in [-0.1, -0.05) is 62.4 Å². The molecule has 0 amide bonds. The van der Waals surface area contributed by atoms with Gasteiger partial charge in [-0.05, 0) is 24.3 Å². The molecule has 0 unspecified atom stereocenters. The fourth-order valence-corrected chi connectivity index (χ4v) is 3.36. The smallest absolute Gasteiger partial charge is 0.680 e. The number of nitrogens with one attached hydrogen (secondary N) is 2. The van der Waals surface area contributed by atoms with E-state index < -0.39 is 0 Å². The van der Waals surface area contributed by atoms with E-state index in [1.54, 1.807) is 24.8 Å². The summed E-state index contributed by atoms with van der Waals surface area (Å²) in [6.45, 7) is 4.00. The van der Waals surface area contributed by atoms with Crippen molar-refractivity contribution in [3.63, 3.8) is 0 Å². The third-order valence-electron chi connectivity index (χ3n) is 4.69. The van der Waals surface area contributed by atoms with Gasteiger partial charge in [0.25, 0.3) is 0 Å². The molecule has 35 heavy (non-hydrogen) atoms. The number of hydrogen-bond donors (Lipinski definition) is 0. The third-order valence-corrected chi connectivity index (χ3v) is 4.69. The number of fused-ring (bicyclic) bond motifs is 6. The van der Waals surface area contributed by atoms with Crippen LogP contribution in [-0.4, -0.2) is 34.0 Å². The molecule has 2 aromatic carbocycles. The van der Waals surface area contributed by atoms with E-state index in [0.717, 1.165) is 43.6 Å². The van der Waals surface area contributed by atoms with E-state index in [4.69, 9.17) is 11.5 Å². The van der Waals surface area contributed by atoms with Gasteiger partial charge in [0, 0.05) is 46.3 Å². The van der Waals surface area contributed by atoms with Crippen molar-refractivity contribution in [2.45, 2.75) is 13.8 Å². The van der Waals surface area contributed by atoms with Crippen molar-refractivity contribution >= 4 is 43.6 Å². The van der Waals surface area contributed by atoms with Gasteiger partial charge in [-0.15, -0.1) is 0 Å². The number of rotatable bonds is 0.